The Kier molecular flexibility index (Phi) is 4.96. The van der Waals surface area contributed by atoms with Gasteiger partial charge in [-0.2, -0.15) is 0 Å². The van der Waals surface area contributed by atoms with Crippen molar-refractivity contribution >= 4 is 11.6 Å². The molecule has 1 amide bonds. The summed E-state index contributed by atoms with van der Waals surface area (Å²) in [5, 5.41) is 3.15. The van der Waals surface area contributed by atoms with Crippen LogP contribution >= 0.6 is 0 Å². The molecular weight excluding hydrogens is 284 g/mol. The molecule has 2 aromatic rings. The van der Waals surface area contributed by atoms with Crippen LogP contribution in [0.5, 0.6) is 0 Å². The van der Waals surface area contributed by atoms with Crippen molar-refractivity contribution in [1.29, 1.82) is 0 Å². The topological polar surface area (TPSA) is 32.3 Å². The Morgan fingerprint density at radius 3 is 2.30 bits per heavy atom. The lowest BCUT2D eigenvalue weighted by molar-refractivity contribution is -0.120. The van der Waals surface area contributed by atoms with Gasteiger partial charge in [-0.3, -0.25) is 4.79 Å². The SMILES string of the molecule is CC(NC(=O)CN(Cc1ccccc1)c1ccccc1)C1CC1. The maximum Gasteiger partial charge on any atom is 0.239 e. The lowest BCUT2D eigenvalue weighted by atomic mass is 10.2. The van der Waals surface area contributed by atoms with Gasteiger partial charge in [0.25, 0.3) is 0 Å². The van der Waals surface area contributed by atoms with Crippen LogP contribution in [0, 0.1) is 5.92 Å². The minimum absolute atomic E-state index is 0.101. The highest BCUT2D eigenvalue weighted by Crippen LogP contribution is 2.32. The molecule has 23 heavy (non-hydrogen) atoms. The third-order valence-corrected chi connectivity index (χ3v) is 4.39. The lowest BCUT2D eigenvalue weighted by Crippen LogP contribution is -2.41. The smallest absolute Gasteiger partial charge is 0.239 e. The fraction of sp³-hybridized carbons (Fsp3) is 0.350. The highest BCUT2D eigenvalue weighted by atomic mass is 16.2. The second kappa shape index (κ2) is 7.32. The minimum atomic E-state index is 0.101. The molecule has 1 aliphatic rings. The second-order valence-corrected chi connectivity index (χ2v) is 6.37. The number of carbonyl (C=O) groups excluding carboxylic acids is 1. The first-order chi connectivity index (χ1) is 11.2. The van der Waals surface area contributed by atoms with Crippen LogP contribution < -0.4 is 10.2 Å². The van der Waals surface area contributed by atoms with Crippen molar-refractivity contribution in [2.75, 3.05) is 11.4 Å². The van der Waals surface area contributed by atoms with Crippen LogP contribution in [0.2, 0.25) is 0 Å². The minimum Gasteiger partial charge on any atom is -0.358 e. The zero-order valence-corrected chi connectivity index (χ0v) is 13.6. The Bertz CT molecular complexity index is 623. The molecule has 0 saturated heterocycles. The van der Waals surface area contributed by atoms with E-state index >= 15 is 0 Å². The number of amides is 1. The quantitative estimate of drug-likeness (QED) is 0.847. The fourth-order valence-electron chi connectivity index (χ4n) is 2.87. The number of rotatable bonds is 7. The Morgan fingerprint density at radius 1 is 1.09 bits per heavy atom. The number of nitrogens with one attached hydrogen (secondary N) is 1. The van der Waals surface area contributed by atoms with Crippen molar-refractivity contribution in [3.8, 4) is 0 Å². The summed E-state index contributed by atoms with van der Waals surface area (Å²) in [4.78, 5) is 14.5. The molecule has 2 aromatic carbocycles. The summed E-state index contributed by atoms with van der Waals surface area (Å²) in [6.07, 6.45) is 2.49. The standard InChI is InChI=1S/C20H24N2O/c1-16(18-12-13-18)21-20(23)15-22(19-10-6-3-7-11-19)14-17-8-4-2-5-9-17/h2-11,16,18H,12-15H2,1H3,(H,21,23). The van der Waals surface area contributed by atoms with Gasteiger partial charge in [-0.25, -0.2) is 0 Å². The fourth-order valence-corrected chi connectivity index (χ4v) is 2.87. The van der Waals surface area contributed by atoms with E-state index in [4.69, 9.17) is 0 Å². The third kappa shape index (κ3) is 4.59. The Balaban J connectivity index is 1.68. The van der Waals surface area contributed by atoms with E-state index in [0.29, 0.717) is 12.5 Å². The van der Waals surface area contributed by atoms with Crippen LogP contribution in [0.1, 0.15) is 25.3 Å². The second-order valence-electron chi connectivity index (χ2n) is 6.37. The van der Waals surface area contributed by atoms with Crippen molar-refractivity contribution < 1.29 is 4.79 Å². The molecule has 0 spiro atoms. The molecule has 0 radical (unpaired) electrons. The molecule has 3 heteroatoms. The van der Waals surface area contributed by atoms with Crippen molar-refractivity contribution in [3.05, 3.63) is 66.2 Å². The first-order valence-corrected chi connectivity index (χ1v) is 8.35. The van der Waals surface area contributed by atoms with Crippen LogP contribution in [0.25, 0.3) is 0 Å². The van der Waals surface area contributed by atoms with E-state index in [2.05, 4.69) is 41.4 Å². The van der Waals surface area contributed by atoms with E-state index in [9.17, 15) is 4.79 Å². The number of benzene rings is 2. The van der Waals surface area contributed by atoms with Crippen molar-refractivity contribution in [3.63, 3.8) is 0 Å². The van der Waals surface area contributed by atoms with Gasteiger partial charge in [0.15, 0.2) is 0 Å². The van der Waals surface area contributed by atoms with Gasteiger partial charge in [-0.15, -0.1) is 0 Å². The molecule has 1 atom stereocenters. The normalized spacial score (nSPS) is 15.0. The monoisotopic (exact) mass is 308 g/mol. The molecule has 1 N–H and O–H groups in total. The first kappa shape index (κ1) is 15.6. The molecule has 3 rings (SSSR count). The summed E-state index contributed by atoms with van der Waals surface area (Å²) < 4.78 is 0. The molecule has 0 aromatic heterocycles. The zero-order chi connectivity index (χ0) is 16.1. The number of hydrogen-bond donors (Lipinski definition) is 1. The summed E-state index contributed by atoms with van der Waals surface area (Å²) in [5.74, 6) is 0.780. The average Bonchev–Trinajstić information content (AvgIpc) is 3.41. The summed E-state index contributed by atoms with van der Waals surface area (Å²) in [5.41, 5.74) is 2.28. The summed E-state index contributed by atoms with van der Waals surface area (Å²) in [7, 11) is 0. The van der Waals surface area contributed by atoms with Crippen LogP contribution in [0.3, 0.4) is 0 Å². The third-order valence-electron chi connectivity index (χ3n) is 4.39. The molecule has 1 fully saturated rings. The molecule has 1 unspecified atom stereocenters. The van der Waals surface area contributed by atoms with Gasteiger partial charge in [0.2, 0.25) is 5.91 Å². The summed E-state index contributed by atoms with van der Waals surface area (Å²) in [6.45, 7) is 3.23. The van der Waals surface area contributed by atoms with Gasteiger partial charge in [-0.05, 0) is 43.4 Å². The van der Waals surface area contributed by atoms with E-state index in [1.165, 1.54) is 18.4 Å². The maximum atomic E-state index is 12.4. The van der Waals surface area contributed by atoms with Gasteiger partial charge >= 0.3 is 0 Å². The number of hydrogen-bond acceptors (Lipinski definition) is 2. The Morgan fingerprint density at radius 2 is 1.70 bits per heavy atom. The molecular formula is C20H24N2O. The molecule has 0 aliphatic heterocycles. The van der Waals surface area contributed by atoms with E-state index in [-0.39, 0.29) is 11.9 Å². The summed E-state index contributed by atoms with van der Waals surface area (Å²) in [6, 6.07) is 20.7. The number of para-hydroxylation sites is 1. The first-order valence-electron chi connectivity index (χ1n) is 8.35. The summed E-state index contributed by atoms with van der Waals surface area (Å²) >= 11 is 0. The van der Waals surface area contributed by atoms with Crippen molar-refractivity contribution in [2.45, 2.75) is 32.4 Å². The van der Waals surface area contributed by atoms with Crippen LogP contribution in [-0.2, 0) is 11.3 Å². The van der Waals surface area contributed by atoms with E-state index in [0.717, 1.165) is 12.2 Å². The lowest BCUT2D eigenvalue weighted by Gasteiger charge is -2.25. The van der Waals surface area contributed by atoms with Crippen LogP contribution in [-0.4, -0.2) is 18.5 Å². The number of nitrogens with zero attached hydrogens (tertiary/aromatic N) is 1. The Hall–Kier alpha value is -2.29. The number of anilines is 1. The Labute approximate surface area is 138 Å². The molecule has 1 aliphatic carbocycles. The van der Waals surface area contributed by atoms with E-state index < -0.39 is 0 Å². The maximum absolute atomic E-state index is 12.4. The molecule has 1 saturated carbocycles. The molecule has 120 valence electrons. The van der Waals surface area contributed by atoms with Gasteiger partial charge in [0, 0.05) is 18.3 Å². The van der Waals surface area contributed by atoms with Crippen LogP contribution in [0.15, 0.2) is 60.7 Å². The highest BCUT2D eigenvalue weighted by Gasteiger charge is 2.29. The largest absolute Gasteiger partial charge is 0.358 e. The molecule has 0 bridgehead atoms. The molecule has 0 heterocycles. The van der Waals surface area contributed by atoms with Gasteiger partial charge in [-0.1, -0.05) is 48.5 Å². The average molecular weight is 308 g/mol. The predicted octanol–water partition coefficient (Wildman–Crippen LogP) is 3.61. The molecule has 3 nitrogen and oxygen atoms in total. The predicted molar refractivity (Wildman–Crippen MR) is 94.3 cm³/mol. The van der Waals surface area contributed by atoms with E-state index in [1.54, 1.807) is 0 Å². The van der Waals surface area contributed by atoms with Gasteiger partial charge in [0.05, 0.1) is 6.54 Å². The van der Waals surface area contributed by atoms with Crippen molar-refractivity contribution in [1.82, 2.24) is 5.32 Å². The van der Waals surface area contributed by atoms with Crippen molar-refractivity contribution in [2.24, 2.45) is 5.92 Å². The van der Waals surface area contributed by atoms with Gasteiger partial charge < -0.3 is 10.2 Å². The zero-order valence-electron chi connectivity index (χ0n) is 13.6. The number of carbonyl (C=O) groups is 1. The van der Waals surface area contributed by atoms with Gasteiger partial charge in [0.1, 0.15) is 0 Å². The van der Waals surface area contributed by atoms with E-state index in [1.807, 2.05) is 36.4 Å². The van der Waals surface area contributed by atoms with Crippen LogP contribution in [0.4, 0.5) is 5.69 Å². The highest BCUT2D eigenvalue weighted by molar-refractivity contribution is 5.81.